The topological polar surface area (TPSA) is 55.2 Å². The summed E-state index contributed by atoms with van der Waals surface area (Å²) >= 11 is 12.4. The molecule has 1 aliphatic heterocycles. The van der Waals surface area contributed by atoms with Gasteiger partial charge in [0.05, 0.1) is 29.9 Å². The Hall–Kier alpha value is -3.42. The van der Waals surface area contributed by atoms with Crippen LogP contribution in [0.15, 0.2) is 67.0 Å². The molecule has 1 aromatic carbocycles. The standard InChI is InChI=1S/C27H26ClN5OS/c1-16-10-12-30-24(13-16)32-17(2)14-20(18(32)3)26-25(22-7-5-6-11-29-22)31-27(35)33(26)19-8-9-23(34-4)21(28)15-19/h5-15,25-26H,1-4H3,(H,31,35)/t25-,26-/m0/s1. The molecule has 1 fully saturated rings. The highest BCUT2D eigenvalue weighted by Crippen LogP contribution is 2.44. The van der Waals surface area contributed by atoms with Gasteiger partial charge in [0.2, 0.25) is 0 Å². The van der Waals surface area contributed by atoms with E-state index in [1.807, 2.05) is 54.9 Å². The molecule has 4 aromatic rings. The van der Waals surface area contributed by atoms with Crippen molar-refractivity contribution in [3.63, 3.8) is 0 Å². The zero-order valence-electron chi connectivity index (χ0n) is 20.0. The van der Waals surface area contributed by atoms with Crippen molar-refractivity contribution in [2.24, 2.45) is 0 Å². The first-order valence-electron chi connectivity index (χ1n) is 11.3. The van der Waals surface area contributed by atoms with Gasteiger partial charge in [0.1, 0.15) is 11.6 Å². The van der Waals surface area contributed by atoms with E-state index in [1.54, 1.807) is 7.11 Å². The van der Waals surface area contributed by atoms with Gasteiger partial charge in [-0.2, -0.15) is 0 Å². The second-order valence-electron chi connectivity index (χ2n) is 8.67. The number of aryl methyl sites for hydroxylation is 2. The third kappa shape index (κ3) is 4.15. The lowest BCUT2D eigenvalue weighted by Gasteiger charge is -2.28. The predicted octanol–water partition coefficient (Wildman–Crippen LogP) is 6.03. The first-order chi connectivity index (χ1) is 16.9. The van der Waals surface area contributed by atoms with Gasteiger partial charge in [-0.25, -0.2) is 4.98 Å². The molecule has 1 N–H and O–H groups in total. The maximum absolute atomic E-state index is 6.52. The zero-order chi connectivity index (χ0) is 24.7. The number of methoxy groups -OCH3 is 1. The van der Waals surface area contributed by atoms with E-state index in [9.17, 15) is 0 Å². The van der Waals surface area contributed by atoms with Gasteiger partial charge in [-0.05, 0) is 92.6 Å². The van der Waals surface area contributed by atoms with E-state index in [0.717, 1.165) is 39.7 Å². The molecule has 3 aromatic heterocycles. The first kappa shape index (κ1) is 23.3. The molecule has 1 aliphatic rings. The molecule has 6 nitrogen and oxygen atoms in total. The summed E-state index contributed by atoms with van der Waals surface area (Å²) in [6.07, 6.45) is 3.65. The number of halogens is 1. The summed E-state index contributed by atoms with van der Waals surface area (Å²) in [5.74, 6) is 1.52. The Balaban J connectivity index is 1.68. The lowest BCUT2D eigenvalue weighted by atomic mass is 9.96. The van der Waals surface area contributed by atoms with Crippen LogP contribution in [0.5, 0.6) is 5.75 Å². The number of benzene rings is 1. The Morgan fingerprint density at radius 2 is 1.83 bits per heavy atom. The molecule has 0 radical (unpaired) electrons. The van der Waals surface area contributed by atoms with Gasteiger partial charge in [-0.3, -0.25) is 4.98 Å². The summed E-state index contributed by atoms with van der Waals surface area (Å²) in [7, 11) is 1.61. The molecule has 0 aliphatic carbocycles. The number of ether oxygens (including phenoxy) is 1. The fourth-order valence-corrected chi connectivity index (χ4v) is 5.43. The molecular weight excluding hydrogens is 478 g/mol. The number of nitrogens with one attached hydrogen (secondary N) is 1. The van der Waals surface area contributed by atoms with Crippen molar-refractivity contribution in [2.75, 3.05) is 12.0 Å². The zero-order valence-corrected chi connectivity index (χ0v) is 21.6. The molecule has 4 heterocycles. The maximum Gasteiger partial charge on any atom is 0.174 e. The molecule has 0 amide bonds. The van der Waals surface area contributed by atoms with E-state index in [0.29, 0.717) is 15.9 Å². The molecule has 0 spiro atoms. The van der Waals surface area contributed by atoms with Gasteiger partial charge in [0.15, 0.2) is 5.11 Å². The molecule has 2 atom stereocenters. The molecular formula is C27H26ClN5OS. The first-order valence-corrected chi connectivity index (χ1v) is 12.1. The second-order valence-corrected chi connectivity index (χ2v) is 9.46. The van der Waals surface area contributed by atoms with Gasteiger partial charge in [-0.1, -0.05) is 17.7 Å². The van der Waals surface area contributed by atoms with Crippen molar-refractivity contribution in [3.8, 4) is 11.6 Å². The van der Waals surface area contributed by atoms with Crippen LogP contribution in [0.1, 0.15) is 40.3 Å². The molecule has 35 heavy (non-hydrogen) atoms. The van der Waals surface area contributed by atoms with Crippen LogP contribution < -0.4 is 15.0 Å². The van der Waals surface area contributed by atoms with Crippen molar-refractivity contribution >= 4 is 34.6 Å². The summed E-state index contributed by atoms with van der Waals surface area (Å²) in [6, 6.07) is 17.7. The van der Waals surface area contributed by atoms with Gasteiger partial charge >= 0.3 is 0 Å². The van der Waals surface area contributed by atoms with Crippen LogP contribution in [0, 0.1) is 20.8 Å². The Morgan fingerprint density at radius 1 is 1.00 bits per heavy atom. The summed E-state index contributed by atoms with van der Waals surface area (Å²) in [4.78, 5) is 11.4. The van der Waals surface area contributed by atoms with E-state index in [4.69, 9.17) is 28.6 Å². The number of hydrogen-bond acceptors (Lipinski definition) is 4. The highest BCUT2D eigenvalue weighted by Gasteiger charge is 2.42. The van der Waals surface area contributed by atoms with E-state index < -0.39 is 0 Å². The van der Waals surface area contributed by atoms with Crippen LogP contribution in [0.25, 0.3) is 5.82 Å². The lowest BCUT2D eigenvalue weighted by Crippen LogP contribution is -2.29. The monoisotopic (exact) mass is 503 g/mol. The van der Waals surface area contributed by atoms with Crippen LogP contribution in [-0.4, -0.2) is 26.8 Å². The molecule has 1 saturated heterocycles. The fourth-order valence-electron chi connectivity index (χ4n) is 4.84. The van der Waals surface area contributed by atoms with Crippen molar-refractivity contribution in [1.29, 1.82) is 0 Å². The minimum atomic E-state index is -0.149. The average molecular weight is 504 g/mol. The van der Waals surface area contributed by atoms with Crippen molar-refractivity contribution in [2.45, 2.75) is 32.9 Å². The quantitative estimate of drug-likeness (QED) is 0.335. The molecule has 8 heteroatoms. The molecule has 0 bridgehead atoms. The number of rotatable bonds is 5. The summed E-state index contributed by atoms with van der Waals surface area (Å²) in [6.45, 7) is 6.31. The number of nitrogens with zero attached hydrogens (tertiary/aromatic N) is 4. The van der Waals surface area contributed by atoms with Crippen molar-refractivity contribution < 1.29 is 4.74 Å². The maximum atomic E-state index is 6.52. The number of thiocarbonyl (C=S) groups is 1. The third-order valence-corrected chi connectivity index (χ3v) is 7.04. The molecule has 178 valence electrons. The second kappa shape index (κ2) is 9.32. The molecule has 0 unspecified atom stereocenters. The summed E-state index contributed by atoms with van der Waals surface area (Å²) < 4.78 is 7.56. The van der Waals surface area contributed by atoms with E-state index in [-0.39, 0.29) is 12.1 Å². The highest BCUT2D eigenvalue weighted by atomic mass is 35.5. The fraction of sp³-hybridized carbons (Fsp3) is 0.222. The minimum absolute atomic E-state index is 0.147. The van der Waals surface area contributed by atoms with Crippen molar-refractivity contribution in [1.82, 2.24) is 19.9 Å². The summed E-state index contributed by atoms with van der Waals surface area (Å²) in [5, 5.41) is 4.66. The third-order valence-electron chi connectivity index (χ3n) is 6.43. The van der Waals surface area contributed by atoms with Crippen LogP contribution >= 0.6 is 23.8 Å². The van der Waals surface area contributed by atoms with E-state index in [2.05, 4.69) is 57.7 Å². The van der Waals surface area contributed by atoms with Crippen LogP contribution in [0.4, 0.5) is 5.69 Å². The van der Waals surface area contributed by atoms with Crippen LogP contribution in [0.3, 0.4) is 0 Å². The van der Waals surface area contributed by atoms with E-state index in [1.165, 1.54) is 0 Å². The smallest absolute Gasteiger partial charge is 0.174 e. The van der Waals surface area contributed by atoms with E-state index >= 15 is 0 Å². The Labute approximate surface area is 215 Å². The van der Waals surface area contributed by atoms with Crippen LogP contribution in [0.2, 0.25) is 5.02 Å². The Bertz CT molecular complexity index is 1400. The normalized spacial score (nSPS) is 17.5. The average Bonchev–Trinajstić information content (AvgIpc) is 3.34. The number of anilines is 1. The SMILES string of the molecule is COc1ccc(N2C(=S)N[C@@H](c3ccccn3)[C@@H]2c2cc(C)n(-c3cc(C)ccn3)c2C)cc1Cl. The summed E-state index contributed by atoms with van der Waals surface area (Å²) in [5.41, 5.74) is 6.30. The van der Waals surface area contributed by atoms with Gasteiger partial charge in [0.25, 0.3) is 0 Å². The molecule has 0 saturated carbocycles. The van der Waals surface area contributed by atoms with Crippen LogP contribution in [-0.2, 0) is 0 Å². The Morgan fingerprint density at radius 3 is 2.51 bits per heavy atom. The van der Waals surface area contributed by atoms with Gasteiger partial charge < -0.3 is 19.5 Å². The van der Waals surface area contributed by atoms with Crippen molar-refractivity contribution in [3.05, 3.63) is 100 Å². The minimum Gasteiger partial charge on any atom is -0.495 e. The Kier molecular flexibility index (Phi) is 6.21. The van der Waals surface area contributed by atoms with Gasteiger partial charge in [-0.15, -0.1) is 0 Å². The highest BCUT2D eigenvalue weighted by molar-refractivity contribution is 7.80. The molecule has 5 rings (SSSR count). The lowest BCUT2D eigenvalue weighted by molar-refractivity contribution is 0.415. The number of hydrogen-bond donors (Lipinski definition) is 1. The number of aromatic nitrogens is 3. The van der Waals surface area contributed by atoms with Gasteiger partial charge in [0, 0.05) is 29.5 Å². The number of pyridine rings is 2. The largest absolute Gasteiger partial charge is 0.495 e. The predicted molar refractivity (Wildman–Crippen MR) is 144 cm³/mol.